The Morgan fingerprint density at radius 3 is 2.38 bits per heavy atom. The van der Waals surface area contributed by atoms with Crippen molar-refractivity contribution in [1.29, 1.82) is 0 Å². The first-order valence-electron chi connectivity index (χ1n) is 7.32. The summed E-state index contributed by atoms with van der Waals surface area (Å²) < 4.78 is 4.99. The molecule has 0 saturated carbocycles. The molecular weight excluding hydrogens is 349 g/mol. The maximum absolute atomic E-state index is 11.9. The van der Waals surface area contributed by atoms with Crippen LogP contribution in [0.2, 0.25) is 10.0 Å². The summed E-state index contributed by atoms with van der Waals surface area (Å²) in [5.74, 6) is -0.971. The van der Waals surface area contributed by atoms with E-state index in [-0.39, 0.29) is 13.0 Å². The van der Waals surface area contributed by atoms with Crippen LogP contribution in [0.25, 0.3) is 0 Å². The van der Waals surface area contributed by atoms with Crippen LogP contribution in [0.4, 0.5) is 5.69 Å². The number of hydrogen-bond acceptors (Lipinski definition) is 3. The Labute approximate surface area is 150 Å². The summed E-state index contributed by atoms with van der Waals surface area (Å²) in [7, 11) is 0. The van der Waals surface area contributed by atoms with Gasteiger partial charge in [-0.3, -0.25) is 9.59 Å². The Morgan fingerprint density at radius 1 is 1.08 bits per heavy atom. The fraction of sp³-hybridized carbons (Fsp3) is 0.222. The van der Waals surface area contributed by atoms with E-state index in [2.05, 4.69) is 5.32 Å². The molecule has 0 spiro atoms. The molecule has 2 aromatic rings. The van der Waals surface area contributed by atoms with Crippen molar-refractivity contribution in [2.45, 2.75) is 20.3 Å². The van der Waals surface area contributed by atoms with E-state index in [1.54, 1.807) is 18.2 Å². The molecule has 6 heteroatoms. The lowest BCUT2D eigenvalue weighted by molar-refractivity contribution is -0.146. The largest absolute Gasteiger partial charge is 0.455 e. The maximum Gasteiger partial charge on any atom is 0.310 e. The van der Waals surface area contributed by atoms with Crippen LogP contribution in [0, 0.1) is 13.8 Å². The Hall–Kier alpha value is -2.04. The number of halogens is 2. The van der Waals surface area contributed by atoms with Crippen molar-refractivity contribution >= 4 is 40.8 Å². The Morgan fingerprint density at radius 2 is 1.75 bits per heavy atom. The lowest BCUT2D eigenvalue weighted by Gasteiger charge is -2.10. The molecule has 2 rings (SSSR count). The number of aryl methyl sites for hydroxylation is 2. The zero-order valence-electron chi connectivity index (χ0n) is 13.4. The van der Waals surface area contributed by atoms with Crippen molar-refractivity contribution in [3.8, 4) is 0 Å². The van der Waals surface area contributed by atoms with E-state index in [0.717, 1.165) is 11.1 Å². The SMILES string of the molecule is Cc1ccc(NC(=O)COC(=O)Cc2c(Cl)cccc2Cl)c(C)c1. The number of anilines is 1. The van der Waals surface area contributed by atoms with Crippen molar-refractivity contribution in [1.82, 2.24) is 0 Å². The molecule has 0 atom stereocenters. The molecule has 0 radical (unpaired) electrons. The highest BCUT2D eigenvalue weighted by molar-refractivity contribution is 6.36. The Balaban J connectivity index is 1.88. The normalized spacial score (nSPS) is 10.3. The van der Waals surface area contributed by atoms with Gasteiger partial charge in [-0.2, -0.15) is 0 Å². The molecule has 126 valence electrons. The summed E-state index contributed by atoms with van der Waals surface area (Å²) in [4.78, 5) is 23.8. The number of carbonyl (C=O) groups excluding carboxylic acids is 2. The second kappa shape index (κ2) is 8.18. The fourth-order valence-corrected chi connectivity index (χ4v) is 2.71. The highest BCUT2D eigenvalue weighted by Gasteiger charge is 2.14. The van der Waals surface area contributed by atoms with Crippen LogP contribution in [-0.4, -0.2) is 18.5 Å². The van der Waals surface area contributed by atoms with Gasteiger partial charge in [0.1, 0.15) is 0 Å². The van der Waals surface area contributed by atoms with Crippen molar-refractivity contribution in [2.75, 3.05) is 11.9 Å². The average molecular weight is 366 g/mol. The van der Waals surface area contributed by atoms with E-state index < -0.39 is 11.9 Å². The third-order valence-corrected chi connectivity index (χ3v) is 4.11. The highest BCUT2D eigenvalue weighted by Crippen LogP contribution is 2.24. The summed E-state index contributed by atoms with van der Waals surface area (Å²) in [6.45, 7) is 3.50. The van der Waals surface area contributed by atoms with Gasteiger partial charge < -0.3 is 10.1 Å². The molecule has 0 bridgehead atoms. The first-order valence-corrected chi connectivity index (χ1v) is 8.08. The lowest BCUT2D eigenvalue weighted by Crippen LogP contribution is -2.22. The van der Waals surface area contributed by atoms with Crippen LogP contribution in [0.3, 0.4) is 0 Å². The van der Waals surface area contributed by atoms with E-state index in [1.807, 2.05) is 32.0 Å². The molecule has 24 heavy (non-hydrogen) atoms. The minimum Gasteiger partial charge on any atom is -0.455 e. The first kappa shape index (κ1) is 18.3. The quantitative estimate of drug-likeness (QED) is 0.802. The Bertz CT molecular complexity index is 755. The second-order valence-corrected chi connectivity index (χ2v) is 6.22. The molecule has 1 N–H and O–H groups in total. The van der Waals surface area contributed by atoms with Crippen molar-refractivity contribution in [2.24, 2.45) is 0 Å². The molecule has 0 saturated heterocycles. The van der Waals surface area contributed by atoms with Gasteiger partial charge in [0.05, 0.1) is 6.42 Å². The summed E-state index contributed by atoms with van der Waals surface area (Å²) in [5.41, 5.74) is 3.22. The number of benzene rings is 2. The number of amides is 1. The third kappa shape index (κ3) is 4.98. The topological polar surface area (TPSA) is 55.4 Å². The van der Waals surface area contributed by atoms with Gasteiger partial charge in [-0.15, -0.1) is 0 Å². The van der Waals surface area contributed by atoms with Crippen molar-refractivity contribution in [3.63, 3.8) is 0 Å². The molecule has 2 aromatic carbocycles. The van der Waals surface area contributed by atoms with E-state index in [1.165, 1.54) is 0 Å². The van der Waals surface area contributed by atoms with E-state index >= 15 is 0 Å². The molecule has 0 aliphatic heterocycles. The fourth-order valence-electron chi connectivity index (χ4n) is 2.18. The predicted octanol–water partition coefficient (Wildman–Crippen LogP) is 4.33. The summed E-state index contributed by atoms with van der Waals surface area (Å²) in [5, 5.41) is 3.49. The first-order chi connectivity index (χ1) is 11.4. The van der Waals surface area contributed by atoms with Gasteiger partial charge in [0.25, 0.3) is 5.91 Å². The molecule has 4 nitrogen and oxygen atoms in total. The van der Waals surface area contributed by atoms with Gasteiger partial charge in [0, 0.05) is 21.3 Å². The van der Waals surface area contributed by atoms with Crippen LogP contribution in [-0.2, 0) is 20.7 Å². The minimum atomic E-state index is -0.569. The monoisotopic (exact) mass is 365 g/mol. The van der Waals surface area contributed by atoms with Crippen LogP contribution < -0.4 is 5.32 Å². The number of hydrogen-bond donors (Lipinski definition) is 1. The zero-order chi connectivity index (χ0) is 17.7. The Kier molecular flexibility index (Phi) is 6.23. The average Bonchev–Trinajstić information content (AvgIpc) is 2.52. The molecule has 0 aromatic heterocycles. The molecule has 0 aliphatic rings. The van der Waals surface area contributed by atoms with E-state index in [9.17, 15) is 9.59 Å². The van der Waals surface area contributed by atoms with E-state index in [0.29, 0.717) is 21.3 Å². The smallest absolute Gasteiger partial charge is 0.310 e. The van der Waals surface area contributed by atoms with Crippen LogP contribution in [0.15, 0.2) is 36.4 Å². The van der Waals surface area contributed by atoms with Gasteiger partial charge in [-0.25, -0.2) is 0 Å². The number of carbonyl (C=O) groups is 2. The summed E-state index contributed by atoms with van der Waals surface area (Å²) >= 11 is 12.0. The number of esters is 1. The van der Waals surface area contributed by atoms with E-state index in [4.69, 9.17) is 27.9 Å². The number of nitrogens with one attached hydrogen (secondary N) is 1. The van der Waals surface area contributed by atoms with Gasteiger partial charge in [-0.1, -0.05) is 47.0 Å². The lowest BCUT2D eigenvalue weighted by atomic mass is 10.1. The minimum absolute atomic E-state index is 0.0880. The predicted molar refractivity (Wildman–Crippen MR) is 95.7 cm³/mol. The van der Waals surface area contributed by atoms with Crippen LogP contribution in [0.1, 0.15) is 16.7 Å². The molecular formula is C18H17Cl2NO3. The van der Waals surface area contributed by atoms with Gasteiger partial charge in [-0.05, 0) is 37.6 Å². The van der Waals surface area contributed by atoms with Crippen molar-refractivity contribution < 1.29 is 14.3 Å². The molecule has 0 fully saturated rings. The van der Waals surface area contributed by atoms with Gasteiger partial charge in [0.2, 0.25) is 0 Å². The third-order valence-electron chi connectivity index (χ3n) is 3.40. The second-order valence-electron chi connectivity index (χ2n) is 5.40. The van der Waals surface area contributed by atoms with Gasteiger partial charge >= 0.3 is 5.97 Å². The molecule has 0 heterocycles. The number of ether oxygens (including phenoxy) is 1. The zero-order valence-corrected chi connectivity index (χ0v) is 14.9. The standard InChI is InChI=1S/C18H17Cl2NO3/c1-11-6-7-16(12(2)8-11)21-17(22)10-24-18(23)9-13-14(19)4-3-5-15(13)20/h3-8H,9-10H2,1-2H3,(H,21,22). The molecule has 0 unspecified atom stereocenters. The summed E-state index contributed by atoms with van der Waals surface area (Å²) in [6.07, 6.45) is -0.0880. The van der Waals surface area contributed by atoms with Crippen molar-refractivity contribution in [3.05, 3.63) is 63.1 Å². The molecule has 0 aliphatic carbocycles. The highest BCUT2D eigenvalue weighted by atomic mass is 35.5. The van der Waals surface area contributed by atoms with Gasteiger partial charge in [0.15, 0.2) is 6.61 Å². The summed E-state index contributed by atoms with van der Waals surface area (Å²) in [6, 6.07) is 10.6. The maximum atomic E-state index is 11.9. The van der Waals surface area contributed by atoms with Crippen LogP contribution >= 0.6 is 23.2 Å². The van der Waals surface area contributed by atoms with Crippen LogP contribution in [0.5, 0.6) is 0 Å². The molecule has 1 amide bonds. The number of rotatable bonds is 5.